The minimum Gasteiger partial charge on any atom is -0.481 e. The minimum absolute atomic E-state index is 0.00431. The van der Waals surface area contributed by atoms with Gasteiger partial charge in [-0.05, 0) is 55.6 Å². The van der Waals surface area contributed by atoms with Crippen molar-refractivity contribution < 1.29 is 25.2 Å². The van der Waals surface area contributed by atoms with Crippen LogP contribution in [-0.4, -0.2) is 43.6 Å². The highest BCUT2D eigenvalue weighted by atomic mass is 16.4. The van der Waals surface area contributed by atoms with Gasteiger partial charge in [0, 0.05) is 18.8 Å². The van der Waals surface area contributed by atoms with Crippen molar-refractivity contribution in [3.63, 3.8) is 0 Å². The SMILES string of the molecule is O=C(O)CCCCCC[C@H]1C(O)C[C@@H](O)C1CCC(O)c1cccnc1. The summed E-state index contributed by atoms with van der Waals surface area (Å²) in [7, 11) is 0. The van der Waals surface area contributed by atoms with Gasteiger partial charge in [0.15, 0.2) is 0 Å². The van der Waals surface area contributed by atoms with Crippen LogP contribution in [0.15, 0.2) is 24.5 Å². The van der Waals surface area contributed by atoms with Crippen LogP contribution in [-0.2, 0) is 4.79 Å². The van der Waals surface area contributed by atoms with Gasteiger partial charge in [0.25, 0.3) is 0 Å². The summed E-state index contributed by atoms with van der Waals surface area (Å²) in [6, 6.07) is 3.63. The summed E-state index contributed by atoms with van der Waals surface area (Å²) in [5, 5.41) is 39.5. The lowest BCUT2D eigenvalue weighted by molar-refractivity contribution is -0.137. The number of aromatic nitrogens is 1. The fraction of sp³-hybridized carbons (Fsp3) is 0.700. The lowest BCUT2D eigenvalue weighted by Gasteiger charge is -2.24. The zero-order valence-corrected chi connectivity index (χ0v) is 15.2. The normalized spacial score (nSPS) is 26.7. The van der Waals surface area contributed by atoms with Gasteiger partial charge in [0.05, 0.1) is 18.3 Å². The molecule has 0 saturated heterocycles. The quantitative estimate of drug-likeness (QED) is 0.449. The van der Waals surface area contributed by atoms with Crippen molar-refractivity contribution in [2.24, 2.45) is 11.8 Å². The van der Waals surface area contributed by atoms with E-state index in [-0.39, 0.29) is 18.3 Å². The van der Waals surface area contributed by atoms with Crippen LogP contribution >= 0.6 is 0 Å². The largest absolute Gasteiger partial charge is 0.481 e. The smallest absolute Gasteiger partial charge is 0.303 e. The number of carboxylic acids is 1. The van der Waals surface area contributed by atoms with Crippen LogP contribution in [0.4, 0.5) is 0 Å². The molecule has 0 radical (unpaired) electrons. The number of pyridine rings is 1. The Morgan fingerprint density at radius 1 is 1.12 bits per heavy atom. The van der Waals surface area contributed by atoms with Crippen LogP contribution in [0.1, 0.15) is 69.5 Å². The van der Waals surface area contributed by atoms with Crippen LogP contribution < -0.4 is 0 Å². The molecule has 26 heavy (non-hydrogen) atoms. The average molecular weight is 365 g/mol. The first-order valence-corrected chi connectivity index (χ1v) is 9.65. The summed E-state index contributed by atoms with van der Waals surface area (Å²) in [5.74, 6) is -0.715. The number of aliphatic hydroxyl groups excluding tert-OH is 3. The van der Waals surface area contributed by atoms with Gasteiger partial charge >= 0.3 is 5.97 Å². The second kappa shape index (κ2) is 10.6. The van der Waals surface area contributed by atoms with Crippen molar-refractivity contribution in [1.82, 2.24) is 4.98 Å². The molecule has 0 bridgehead atoms. The molecule has 2 rings (SSSR count). The van der Waals surface area contributed by atoms with E-state index in [0.717, 1.165) is 31.2 Å². The van der Waals surface area contributed by atoms with E-state index in [0.29, 0.717) is 25.7 Å². The van der Waals surface area contributed by atoms with Crippen LogP contribution in [0, 0.1) is 11.8 Å². The maximum atomic E-state index is 10.5. The second-order valence-corrected chi connectivity index (χ2v) is 7.42. The molecule has 1 fully saturated rings. The van der Waals surface area contributed by atoms with Gasteiger partial charge in [-0.1, -0.05) is 25.3 Å². The highest BCUT2D eigenvalue weighted by Crippen LogP contribution is 2.40. The van der Waals surface area contributed by atoms with Crippen molar-refractivity contribution in [2.45, 2.75) is 76.1 Å². The molecule has 0 amide bonds. The lowest BCUT2D eigenvalue weighted by atomic mass is 9.84. The van der Waals surface area contributed by atoms with Crippen molar-refractivity contribution in [1.29, 1.82) is 0 Å². The Hall–Kier alpha value is -1.50. The van der Waals surface area contributed by atoms with Crippen molar-refractivity contribution in [2.75, 3.05) is 0 Å². The number of aliphatic carboxylic acids is 1. The molecule has 6 nitrogen and oxygen atoms in total. The van der Waals surface area contributed by atoms with Crippen molar-refractivity contribution >= 4 is 5.97 Å². The maximum absolute atomic E-state index is 10.5. The highest BCUT2D eigenvalue weighted by Gasteiger charge is 2.40. The zero-order valence-electron chi connectivity index (χ0n) is 15.2. The molecule has 0 spiro atoms. The van der Waals surface area contributed by atoms with Crippen molar-refractivity contribution in [3.05, 3.63) is 30.1 Å². The molecule has 5 atom stereocenters. The zero-order chi connectivity index (χ0) is 18.9. The number of carbonyl (C=O) groups is 1. The van der Waals surface area contributed by atoms with Gasteiger partial charge in [0.1, 0.15) is 0 Å². The predicted octanol–water partition coefficient (Wildman–Crippen LogP) is 2.68. The fourth-order valence-electron chi connectivity index (χ4n) is 4.08. The average Bonchev–Trinajstić information content (AvgIpc) is 2.89. The number of nitrogens with zero attached hydrogens (tertiary/aromatic N) is 1. The Kier molecular flexibility index (Phi) is 8.48. The van der Waals surface area contributed by atoms with E-state index in [1.165, 1.54) is 0 Å². The van der Waals surface area contributed by atoms with E-state index in [4.69, 9.17) is 5.11 Å². The summed E-state index contributed by atoms with van der Waals surface area (Å²) < 4.78 is 0. The standard InChI is InChI=1S/C20H31NO5/c22-17(14-6-5-11-21-13-14)10-9-16-15(18(23)12-19(16)24)7-3-1-2-4-8-20(25)26/h5-6,11,13,15-19,22-24H,1-4,7-10,12H2,(H,25,26)/t15-,16?,17?,18?,19-/m1/s1. The van der Waals surface area contributed by atoms with Crippen LogP contribution in [0.25, 0.3) is 0 Å². The monoisotopic (exact) mass is 365 g/mol. The molecule has 1 aliphatic rings. The van der Waals surface area contributed by atoms with Gasteiger partial charge in [-0.3, -0.25) is 9.78 Å². The molecule has 1 aromatic heterocycles. The van der Waals surface area contributed by atoms with E-state index < -0.39 is 24.3 Å². The summed E-state index contributed by atoms with van der Waals surface area (Å²) in [6.07, 6.45) is 7.77. The van der Waals surface area contributed by atoms with Gasteiger partial charge in [-0.2, -0.15) is 0 Å². The Morgan fingerprint density at radius 3 is 2.46 bits per heavy atom. The molecule has 1 aliphatic carbocycles. The van der Waals surface area contributed by atoms with Crippen LogP contribution in [0.2, 0.25) is 0 Å². The topological polar surface area (TPSA) is 111 Å². The van der Waals surface area contributed by atoms with Gasteiger partial charge in [0.2, 0.25) is 0 Å². The molecule has 1 saturated carbocycles. The van der Waals surface area contributed by atoms with Crippen LogP contribution in [0.3, 0.4) is 0 Å². The number of unbranched alkanes of at least 4 members (excludes halogenated alkanes) is 3. The molecule has 1 aromatic rings. The molecule has 6 heteroatoms. The van der Waals surface area contributed by atoms with E-state index in [1.807, 2.05) is 6.07 Å². The van der Waals surface area contributed by atoms with E-state index >= 15 is 0 Å². The lowest BCUT2D eigenvalue weighted by Crippen LogP contribution is -2.23. The first-order valence-electron chi connectivity index (χ1n) is 9.65. The molecule has 146 valence electrons. The van der Waals surface area contributed by atoms with E-state index in [9.17, 15) is 20.1 Å². The molecule has 0 aromatic carbocycles. The molecule has 4 N–H and O–H groups in total. The molecular weight excluding hydrogens is 334 g/mol. The van der Waals surface area contributed by atoms with Gasteiger partial charge in [-0.15, -0.1) is 0 Å². The number of hydrogen-bond donors (Lipinski definition) is 4. The summed E-state index contributed by atoms with van der Waals surface area (Å²) in [5.41, 5.74) is 0.774. The molecule has 3 unspecified atom stereocenters. The number of hydrogen-bond acceptors (Lipinski definition) is 5. The van der Waals surface area contributed by atoms with Gasteiger partial charge < -0.3 is 20.4 Å². The Bertz CT molecular complexity index is 538. The summed E-state index contributed by atoms with van der Waals surface area (Å²) in [4.78, 5) is 14.5. The number of aliphatic hydroxyl groups is 3. The highest BCUT2D eigenvalue weighted by molar-refractivity contribution is 5.66. The van der Waals surface area contributed by atoms with Crippen molar-refractivity contribution in [3.8, 4) is 0 Å². The Balaban J connectivity index is 1.76. The first-order chi connectivity index (χ1) is 12.5. The maximum Gasteiger partial charge on any atom is 0.303 e. The number of carboxylic acid groups (broad SMARTS) is 1. The molecular formula is C20H31NO5. The Labute approximate surface area is 154 Å². The third-order valence-electron chi connectivity index (χ3n) is 5.54. The van der Waals surface area contributed by atoms with Crippen LogP contribution in [0.5, 0.6) is 0 Å². The molecule has 0 aliphatic heterocycles. The second-order valence-electron chi connectivity index (χ2n) is 7.42. The summed E-state index contributed by atoms with van der Waals surface area (Å²) >= 11 is 0. The number of rotatable bonds is 11. The predicted molar refractivity (Wildman–Crippen MR) is 97.4 cm³/mol. The van der Waals surface area contributed by atoms with Gasteiger partial charge in [-0.25, -0.2) is 0 Å². The third-order valence-corrected chi connectivity index (χ3v) is 5.54. The first kappa shape index (κ1) is 20.8. The van der Waals surface area contributed by atoms with E-state index in [2.05, 4.69) is 4.98 Å². The fourth-order valence-corrected chi connectivity index (χ4v) is 4.08. The minimum atomic E-state index is -0.758. The Morgan fingerprint density at radius 2 is 1.81 bits per heavy atom. The van der Waals surface area contributed by atoms with E-state index in [1.54, 1.807) is 18.5 Å². The molecule has 1 heterocycles. The summed E-state index contributed by atoms with van der Waals surface area (Å²) in [6.45, 7) is 0. The third kappa shape index (κ3) is 6.34.